The summed E-state index contributed by atoms with van der Waals surface area (Å²) in [4.78, 5) is 19.7. The molecule has 0 saturated carbocycles. The highest BCUT2D eigenvalue weighted by atomic mass is 79.9. The van der Waals surface area contributed by atoms with Crippen molar-refractivity contribution < 1.29 is 19.8 Å². The van der Waals surface area contributed by atoms with E-state index in [1.807, 2.05) is 13.8 Å². The number of carboxylic acid groups (broad SMARTS) is 2. The second kappa shape index (κ2) is 10.9. The molecule has 0 saturated heterocycles. The fourth-order valence-corrected chi connectivity index (χ4v) is 1.27. The summed E-state index contributed by atoms with van der Waals surface area (Å²) >= 11 is 3.00. The molecule has 0 fully saturated rings. The Morgan fingerprint density at radius 3 is 1.69 bits per heavy atom. The van der Waals surface area contributed by atoms with Crippen LogP contribution in [0.25, 0.3) is 0 Å². The summed E-state index contributed by atoms with van der Waals surface area (Å²) in [5.74, 6) is -1.68. The predicted molar refractivity (Wildman–Crippen MR) is 65.8 cm³/mol. The maximum absolute atomic E-state index is 10.0. The highest BCUT2D eigenvalue weighted by Gasteiger charge is 2.09. The van der Waals surface area contributed by atoms with Gasteiger partial charge in [-0.3, -0.25) is 9.59 Å². The molecule has 0 amide bonds. The van der Waals surface area contributed by atoms with Gasteiger partial charge in [-0.2, -0.15) is 0 Å². The molecule has 0 aliphatic rings. The molecule has 5 nitrogen and oxygen atoms in total. The summed E-state index contributed by atoms with van der Waals surface area (Å²) in [6.07, 6.45) is 3.00. The molecule has 0 heterocycles. The van der Waals surface area contributed by atoms with Crippen LogP contribution in [-0.2, 0) is 9.59 Å². The summed E-state index contributed by atoms with van der Waals surface area (Å²) in [5, 5.41) is 16.5. The number of hydrogen-bond acceptors (Lipinski definition) is 3. The Hall–Kier alpha value is -0.620. The Balaban J connectivity index is 0. The molecule has 6 heteroatoms. The van der Waals surface area contributed by atoms with Gasteiger partial charge < -0.3 is 15.9 Å². The van der Waals surface area contributed by atoms with Crippen LogP contribution in [0.3, 0.4) is 0 Å². The number of aliphatic carboxylic acids is 2. The van der Waals surface area contributed by atoms with E-state index in [1.54, 1.807) is 0 Å². The predicted octanol–water partition coefficient (Wildman–Crippen LogP) is 1.83. The fourth-order valence-electron chi connectivity index (χ4n) is 0.811. The highest BCUT2D eigenvalue weighted by Crippen LogP contribution is 2.06. The summed E-state index contributed by atoms with van der Waals surface area (Å²) in [6, 6.07) is -0.667. The van der Waals surface area contributed by atoms with Crippen LogP contribution in [0.4, 0.5) is 0 Å². The van der Waals surface area contributed by atoms with Crippen molar-refractivity contribution in [3.05, 3.63) is 0 Å². The number of nitrogens with two attached hydrogens (primary N) is 1. The maximum Gasteiger partial charge on any atom is 0.320 e. The summed E-state index contributed by atoms with van der Waals surface area (Å²) in [5.41, 5.74) is 5.13. The van der Waals surface area contributed by atoms with Crippen molar-refractivity contribution in [2.75, 3.05) is 0 Å². The van der Waals surface area contributed by atoms with Crippen LogP contribution in [-0.4, -0.2) is 33.0 Å². The SMILES string of the molecule is CCC[C@@H](Br)C(=O)O.CCC[C@@H](N)C(=O)O. The zero-order valence-electron chi connectivity index (χ0n) is 9.65. The first-order valence-electron chi connectivity index (χ1n) is 5.22. The first kappa shape index (κ1) is 17.8. The van der Waals surface area contributed by atoms with Crippen LogP contribution in [0.5, 0.6) is 0 Å². The first-order chi connectivity index (χ1) is 7.36. The topological polar surface area (TPSA) is 101 Å². The molecule has 2 atom stereocenters. The summed E-state index contributed by atoms with van der Waals surface area (Å²) in [6.45, 7) is 3.86. The van der Waals surface area contributed by atoms with E-state index in [0.717, 1.165) is 12.8 Å². The Bertz CT molecular complexity index is 189. The number of hydrogen-bond donors (Lipinski definition) is 3. The number of carbonyl (C=O) groups is 2. The third kappa shape index (κ3) is 11.5. The highest BCUT2D eigenvalue weighted by molar-refractivity contribution is 9.10. The van der Waals surface area contributed by atoms with Crippen molar-refractivity contribution in [1.29, 1.82) is 0 Å². The smallest absolute Gasteiger partial charge is 0.320 e. The third-order valence-electron chi connectivity index (χ3n) is 1.73. The standard InChI is InChI=1S/C5H9BrO2.C5H11NO2/c2*1-2-3-4(6)5(7)8/h4H,2-3H2,1H3,(H,7,8);4H,2-3,6H2,1H3,(H,7,8)/t2*4-/m11/s1. The van der Waals surface area contributed by atoms with Gasteiger partial charge in [-0.15, -0.1) is 0 Å². The van der Waals surface area contributed by atoms with E-state index in [2.05, 4.69) is 15.9 Å². The second-order valence-electron chi connectivity index (χ2n) is 3.33. The fraction of sp³-hybridized carbons (Fsp3) is 0.800. The van der Waals surface area contributed by atoms with Gasteiger partial charge in [-0.1, -0.05) is 42.6 Å². The Labute approximate surface area is 104 Å². The minimum atomic E-state index is -0.910. The van der Waals surface area contributed by atoms with Gasteiger partial charge in [-0.05, 0) is 12.8 Å². The lowest BCUT2D eigenvalue weighted by molar-refractivity contribution is -0.139. The van der Waals surface area contributed by atoms with E-state index in [1.165, 1.54) is 0 Å². The zero-order valence-corrected chi connectivity index (χ0v) is 11.2. The van der Waals surface area contributed by atoms with Crippen LogP contribution in [0, 0.1) is 0 Å². The monoisotopic (exact) mass is 297 g/mol. The molecular weight excluding hydrogens is 278 g/mol. The van der Waals surface area contributed by atoms with E-state index in [4.69, 9.17) is 15.9 Å². The molecule has 4 N–H and O–H groups in total. The maximum atomic E-state index is 10.0. The molecule has 0 unspecified atom stereocenters. The van der Waals surface area contributed by atoms with Crippen LogP contribution in [0.1, 0.15) is 39.5 Å². The average molecular weight is 298 g/mol. The van der Waals surface area contributed by atoms with Crippen molar-refractivity contribution in [3.8, 4) is 0 Å². The quantitative estimate of drug-likeness (QED) is 0.649. The number of rotatable bonds is 6. The molecule has 0 aromatic carbocycles. The Kier molecular flexibility index (Phi) is 12.1. The van der Waals surface area contributed by atoms with Crippen molar-refractivity contribution in [1.82, 2.24) is 0 Å². The summed E-state index contributed by atoms with van der Waals surface area (Å²) < 4.78 is 0. The van der Waals surface area contributed by atoms with Gasteiger partial charge in [0.1, 0.15) is 10.9 Å². The molecule has 0 aromatic heterocycles. The molecule has 0 radical (unpaired) electrons. The molecule has 0 aromatic rings. The number of carboxylic acids is 2. The molecule has 0 spiro atoms. The lowest BCUT2D eigenvalue weighted by Crippen LogP contribution is -2.29. The summed E-state index contributed by atoms with van der Waals surface area (Å²) in [7, 11) is 0. The molecule has 96 valence electrons. The lowest BCUT2D eigenvalue weighted by atomic mass is 10.2. The van der Waals surface area contributed by atoms with Crippen LogP contribution in [0.2, 0.25) is 0 Å². The van der Waals surface area contributed by atoms with Crippen LogP contribution >= 0.6 is 15.9 Å². The third-order valence-corrected chi connectivity index (χ3v) is 2.58. The molecular formula is C10H20BrNO4. The molecule has 0 rings (SSSR count). The molecule has 0 bridgehead atoms. The van der Waals surface area contributed by atoms with Crippen molar-refractivity contribution in [2.24, 2.45) is 5.73 Å². The van der Waals surface area contributed by atoms with Gasteiger partial charge >= 0.3 is 11.9 Å². The minimum absolute atomic E-state index is 0.354. The second-order valence-corrected chi connectivity index (χ2v) is 4.43. The largest absolute Gasteiger partial charge is 0.480 e. The van der Waals surface area contributed by atoms with Crippen molar-refractivity contribution in [2.45, 2.75) is 50.4 Å². The molecule has 0 aliphatic carbocycles. The Morgan fingerprint density at radius 2 is 1.56 bits per heavy atom. The van der Waals surface area contributed by atoms with Gasteiger partial charge in [0, 0.05) is 0 Å². The van der Waals surface area contributed by atoms with E-state index in [9.17, 15) is 9.59 Å². The minimum Gasteiger partial charge on any atom is -0.480 e. The van der Waals surface area contributed by atoms with Gasteiger partial charge in [0.05, 0.1) is 0 Å². The number of halogens is 1. The average Bonchev–Trinajstić information content (AvgIpc) is 2.19. The van der Waals surface area contributed by atoms with Gasteiger partial charge in [0.25, 0.3) is 0 Å². The van der Waals surface area contributed by atoms with E-state index >= 15 is 0 Å². The normalized spacial score (nSPS) is 13.2. The molecule has 0 aliphatic heterocycles. The van der Waals surface area contributed by atoms with Gasteiger partial charge in [0.2, 0.25) is 0 Å². The van der Waals surface area contributed by atoms with E-state index < -0.39 is 18.0 Å². The van der Waals surface area contributed by atoms with Gasteiger partial charge in [0.15, 0.2) is 0 Å². The zero-order chi connectivity index (χ0) is 13.1. The van der Waals surface area contributed by atoms with Crippen LogP contribution < -0.4 is 5.73 Å². The Morgan fingerprint density at radius 1 is 1.12 bits per heavy atom. The van der Waals surface area contributed by atoms with Crippen molar-refractivity contribution >= 4 is 27.9 Å². The van der Waals surface area contributed by atoms with Gasteiger partial charge in [-0.25, -0.2) is 0 Å². The van der Waals surface area contributed by atoms with E-state index in [-0.39, 0.29) is 4.83 Å². The van der Waals surface area contributed by atoms with Crippen molar-refractivity contribution in [3.63, 3.8) is 0 Å². The molecule has 16 heavy (non-hydrogen) atoms. The first-order valence-corrected chi connectivity index (χ1v) is 6.13. The van der Waals surface area contributed by atoms with E-state index in [0.29, 0.717) is 12.8 Å². The van der Waals surface area contributed by atoms with Crippen LogP contribution in [0.15, 0.2) is 0 Å². The number of alkyl halides is 1. The lowest BCUT2D eigenvalue weighted by Gasteiger charge is -2.00.